The summed E-state index contributed by atoms with van der Waals surface area (Å²) in [4.78, 5) is 29.9. The molecule has 2 aliphatic heterocycles. The molecule has 28 heavy (non-hydrogen) atoms. The van der Waals surface area contributed by atoms with Crippen LogP contribution in [0.3, 0.4) is 0 Å². The summed E-state index contributed by atoms with van der Waals surface area (Å²) in [6.07, 6.45) is -2.02. The summed E-state index contributed by atoms with van der Waals surface area (Å²) in [6, 6.07) is 4.36. The number of hydrogen-bond acceptors (Lipinski definition) is 6. The molecule has 0 aromatic heterocycles. The molecular weight excluding hydrogens is 386 g/mol. The van der Waals surface area contributed by atoms with Gasteiger partial charge in [0.1, 0.15) is 0 Å². The number of aliphatic hydroxyl groups excluding tert-OH is 1. The summed E-state index contributed by atoms with van der Waals surface area (Å²) in [5.41, 5.74) is 0.134. The van der Waals surface area contributed by atoms with E-state index in [0.717, 1.165) is 26.2 Å². The maximum absolute atomic E-state index is 13.0. The quantitative estimate of drug-likeness (QED) is 0.675. The second kappa shape index (κ2) is 8.32. The molecule has 2 amide bonds. The number of nitriles is 1. The number of carbonyl (C=O) groups excluding carboxylic acids is 1. The molecule has 2 heterocycles. The molecule has 1 aromatic rings. The number of aliphatic hydroxyl groups is 1. The van der Waals surface area contributed by atoms with E-state index in [1.54, 1.807) is 0 Å². The Kier molecular flexibility index (Phi) is 6.05. The van der Waals surface area contributed by atoms with Crippen molar-refractivity contribution in [2.45, 2.75) is 12.1 Å². The molecule has 2 aliphatic rings. The van der Waals surface area contributed by atoms with Gasteiger partial charge in [0, 0.05) is 39.3 Å². The highest BCUT2D eigenvalue weighted by Gasteiger charge is 2.39. The van der Waals surface area contributed by atoms with E-state index in [1.165, 1.54) is 17.0 Å². The van der Waals surface area contributed by atoms with Crippen molar-refractivity contribution < 1.29 is 19.8 Å². The van der Waals surface area contributed by atoms with E-state index in [0.29, 0.717) is 6.54 Å². The standard InChI is InChI=1S/C18H22ClN5O4/c1-22-2-4-23(5-3-22)14-9-24(10-15(14)25)17(26)12-6-11(8-20)7-13(16(12)19)21-18(27)28/h6-7,14-15,21,25H,2-5,9-10H2,1H3,(H,27,28). The minimum Gasteiger partial charge on any atom is -0.465 e. The number of halogens is 1. The van der Waals surface area contributed by atoms with Gasteiger partial charge in [-0.05, 0) is 19.2 Å². The Morgan fingerprint density at radius 1 is 1.25 bits per heavy atom. The molecule has 2 unspecified atom stereocenters. The van der Waals surface area contributed by atoms with Crippen LogP contribution in [0.5, 0.6) is 0 Å². The number of likely N-dealkylation sites (tertiary alicyclic amines) is 1. The van der Waals surface area contributed by atoms with Crippen molar-refractivity contribution in [3.8, 4) is 6.07 Å². The third-order valence-electron chi connectivity index (χ3n) is 5.23. The number of carbonyl (C=O) groups is 2. The number of likely N-dealkylation sites (N-methyl/N-ethyl adjacent to an activating group) is 1. The highest BCUT2D eigenvalue weighted by molar-refractivity contribution is 6.36. The zero-order valence-electron chi connectivity index (χ0n) is 15.4. The molecule has 3 rings (SSSR count). The summed E-state index contributed by atoms with van der Waals surface area (Å²) < 4.78 is 0. The molecule has 10 heteroatoms. The number of hydrogen-bond donors (Lipinski definition) is 3. The molecule has 9 nitrogen and oxygen atoms in total. The summed E-state index contributed by atoms with van der Waals surface area (Å²) in [5, 5.41) is 30.7. The molecule has 2 saturated heterocycles. The Morgan fingerprint density at radius 3 is 2.54 bits per heavy atom. The minimum absolute atomic E-state index is 0.0214. The van der Waals surface area contributed by atoms with E-state index < -0.39 is 18.1 Å². The number of benzene rings is 1. The van der Waals surface area contributed by atoms with E-state index in [2.05, 4.69) is 15.1 Å². The highest BCUT2D eigenvalue weighted by Crippen LogP contribution is 2.30. The van der Waals surface area contributed by atoms with Crippen molar-refractivity contribution in [1.82, 2.24) is 14.7 Å². The van der Waals surface area contributed by atoms with Gasteiger partial charge < -0.3 is 20.0 Å². The maximum Gasteiger partial charge on any atom is 0.409 e. The Hall–Kier alpha value is -2.38. The molecule has 150 valence electrons. The van der Waals surface area contributed by atoms with E-state index in [-0.39, 0.29) is 34.4 Å². The van der Waals surface area contributed by atoms with Gasteiger partial charge in [-0.3, -0.25) is 15.0 Å². The van der Waals surface area contributed by atoms with Crippen LogP contribution in [-0.4, -0.2) is 95.4 Å². The van der Waals surface area contributed by atoms with E-state index in [4.69, 9.17) is 16.7 Å². The van der Waals surface area contributed by atoms with Gasteiger partial charge >= 0.3 is 6.09 Å². The Morgan fingerprint density at radius 2 is 1.93 bits per heavy atom. The topological polar surface area (TPSA) is 120 Å². The van der Waals surface area contributed by atoms with Crippen molar-refractivity contribution in [3.05, 3.63) is 28.3 Å². The fourth-order valence-corrected chi connectivity index (χ4v) is 3.91. The lowest BCUT2D eigenvalue weighted by molar-refractivity contribution is 0.0512. The molecule has 3 N–H and O–H groups in total. The summed E-state index contributed by atoms with van der Waals surface area (Å²) in [7, 11) is 2.05. The van der Waals surface area contributed by atoms with Crippen LogP contribution in [0, 0.1) is 11.3 Å². The number of anilines is 1. The second-order valence-corrected chi connectivity index (χ2v) is 7.49. The summed E-state index contributed by atoms with van der Waals surface area (Å²) in [6.45, 7) is 3.94. The number of carboxylic acid groups (broad SMARTS) is 1. The molecular formula is C18H22ClN5O4. The lowest BCUT2D eigenvalue weighted by atomic mass is 10.1. The molecule has 0 radical (unpaired) electrons. The first kappa shape index (κ1) is 20.4. The lowest BCUT2D eigenvalue weighted by Crippen LogP contribution is -2.52. The van der Waals surface area contributed by atoms with Crippen molar-refractivity contribution in [3.63, 3.8) is 0 Å². The van der Waals surface area contributed by atoms with Gasteiger partial charge in [0.2, 0.25) is 0 Å². The average molecular weight is 408 g/mol. The van der Waals surface area contributed by atoms with Gasteiger partial charge in [-0.2, -0.15) is 5.26 Å². The predicted molar refractivity (Wildman–Crippen MR) is 103 cm³/mol. The zero-order valence-corrected chi connectivity index (χ0v) is 16.2. The van der Waals surface area contributed by atoms with Gasteiger partial charge in [0.05, 0.1) is 40.1 Å². The van der Waals surface area contributed by atoms with Crippen LogP contribution in [0.4, 0.5) is 10.5 Å². The van der Waals surface area contributed by atoms with Crippen LogP contribution in [0.15, 0.2) is 12.1 Å². The normalized spacial score (nSPS) is 23.4. The maximum atomic E-state index is 13.0. The molecule has 0 bridgehead atoms. The fourth-order valence-electron chi connectivity index (χ4n) is 3.67. The number of nitrogens with one attached hydrogen (secondary N) is 1. The summed E-state index contributed by atoms with van der Waals surface area (Å²) in [5.74, 6) is -0.439. The van der Waals surface area contributed by atoms with Crippen molar-refractivity contribution in [1.29, 1.82) is 5.26 Å². The van der Waals surface area contributed by atoms with E-state index >= 15 is 0 Å². The van der Waals surface area contributed by atoms with Crippen LogP contribution in [0.1, 0.15) is 15.9 Å². The van der Waals surface area contributed by atoms with Gasteiger partial charge in [-0.1, -0.05) is 11.6 Å². The van der Waals surface area contributed by atoms with Gasteiger partial charge in [-0.15, -0.1) is 0 Å². The van der Waals surface area contributed by atoms with Gasteiger partial charge in [0.25, 0.3) is 5.91 Å². The SMILES string of the molecule is CN1CCN(C2CN(C(=O)c3cc(C#N)cc(NC(=O)O)c3Cl)CC2O)CC1. The van der Waals surface area contributed by atoms with Crippen molar-refractivity contribution in [2.24, 2.45) is 0 Å². The Bertz CT molecular complexity index is 819. The number of amides is 2. The Balaban J connectivity index is 1.80. The van der Waals surface area contributed by atoms with E-state index in [9.17, 15) is 20.0 Å². The number of nitrogens with zero attached hydrogens (tertiary/aromatic N) is 4. The van der Waals surface area contributed by atoms with Crippen LogP contribution in [-0.2, 0) is 0 Å². The third-order valence-corrected chi connectivity index (χ3v) is 5.63. The molecule has 0 saturated carbocycles. The van der Waals surface area contributed by atoms with E-state index in [1.807, 2.05) is 13.1 Å². The zero-order chi connectivity index (χ0) is 20.4. The van der Waals surface area contributed by atoms with Gasteiger partial charge in [-0.25, -0.2) is 4.79 Å². The van der Waals surface area contributed by atoms with Crippen LogP contribution >= 0.6 is 11.6 Å². The molecule has 0 aliphatic carbocycles. The number of piperazine rings is 1. The lowest BCUT2D eigenvalue weighted by Gasteiger charge is -2.37. The predicted octanol–water partition coefficient (Wildman–Crippen LogP) is 0.734. The minimum atomic E-state index is -1.35. The molecule has 2 atom stereocenters. The third kappa shape index (κ3) is 4.20. The molecule has 1 aromatic carbocycles. The van der Waals surface area contributed by atoms with Crippen molar-refractivity contribution in [2.75, 3.05) is 51.6 Å². The highest BCUT2D eigenvalue weighted by atomic mass is 35.5. The molecule has 0 spiro atoms. The van der Waals surface area contributed by atoms with Gasteiger partial charge in [0.15, 0.2) is 0 Å². The van der Waals surface area contributed by atoms with Crippen molar-refractivity contribution >= 4 is 29.3 Å². The average Bonchev–Trinajstić information content (AvgIpc) is 3.05. The smallest absolute Gasteiger partial charge is 0.409 e. The first-order valence-corrected chi connectivity index (χ1v) is 9.31. The second-order valence-electron chi connectivity index (χ2n) is 7.11. The first-order valence-electron chi connectivity index (χ1n) is 8.93. The summed E-state index contributed by atoms with van der Waals surface area (Å²) >= 11 is 6.23. The van der Waals surface area contributed by atoms with Crippen LogP contribution in [0.2, 0.25) is 5.02 Å². The first-order chi connectivity index (χ1) is 13.3. The number of rotatable bonds is 3. The van der Waals surface area contributed by atoms with Crippen LogP contribution < -0.4 is 5.32 Å². The Labute approximate surface area is 167 Å². The monoisotopic (exact) mass is 407 g/mol. The largest absolute Gasteiger partial charge is 0.465 e. The van der Waals surface area contributed by atoms with Crippen LogP contribution in [0.25, 0.3) is 0 Å². The fraction of sp³-hybridized carbons (Fsp3) is 0.500. The molecule has 2 fully saturated rings. The number of β-amino-alcohol motifs (C(OH)–C–C–N with tert-alkyl or cyclic N) is 1.